The number of alkyl halides is 1. The van der Waals surface area contributed by atoms with Crippen LogP contribution in [0.4, 0.5) is 0 Å². The normalized spacial score (nSPS) is 29.9. The summed E-state index contributed by atoms with van der Waals surface area (Å²) in [5, 5.41) is 3.07. The van der Waals surface area contributed by atoms with Gasteiger partial charge in [0.2, 0.25) is 0 Å². The van der Waals surface area contributed by atoms with Gasteiger partial charge in [-0.3, -0.25) is 4.79 Å². The zero-order chi connectivity index (χ0) is 6.69. The van der Waals surface area contributed by atoms with E-state index in [1.54, 1.807) is 0 Å². The molecule has 3 heteroatoms. The molecule has 1 rings (SSSR count). The third-order valence-electron chi connectivity index (χ3n) is 1.32. The summed E-state index contributed by atoms with van der Waals surface area (Å²) >= 11 is 2.14. The molecule has 0 aliphatic carbocycles. The smallest absolute Gasteiger partial charge is 0.147 e. The second-order valence-electron chi connectivity index (χ2n) is 2.09. The Labute approximate surface area is 68.5 Å². The van der Waals surface area contributed by atoms with Gasteiger partial charge in [0.15, 0.2) is 0 Å². The predicted octanol–water partition coefficient (Wildman–Crippen LogP) is 0.904. The summed E-state index contributed by atoms with van der Waals surface area (Å²) in [6.07, 6.45) is 1.71. The Morgan fingerprint density at radius 1 is 1.78 bits per heavy atom. The third-order valence-corrected chi connectivity index (χ3v) is 2.37. The van der Waals surface area contributed by atoms with E-state index in [9.17, 15) is 4.79 Å². The number of ketones is 1. The first-order valence-electron chi connectivity index (χ1n) is 3.04. The molecule has 0 spiro atoms. The van der Waals surface area contributed by atoms with Gasteiger partial charge < -0.3 is 5.32 Å². The molecule has 1 unspecified atom stereocenters. The average Bonchev–Trinajstić information content (AvgIpc) is 1.99. The van der Waals surface area contributed by atoms with E-state index in [0.29, 0.717) is 5.78 Å². The number of Topliss-reactive ketones (excluding diaryl/α,β-unsaturated/α-hetero) is 1. The second kappa shape index (κ2) is 3.51. The summed E-state index contributed by atoms with van der Waals surface area (Å²) in [4.78, 5) is 10.9. The highest BCUT2D eigenvalue weighted by atomic mass is 127. The van der Waals surface area contributed by atoms with E-state index in [1.807, 2.05) is 6.54 Å². The first-order chi connectivity index (χ1) is 4.30. The Morgan fingerprint density at radius 2 is 2.56 bits per heavy atom. The Bertz CT molecular complexity index is 116. The van der Waals surface area contributed by atoms with Gasteiger partial charge in [-0.05, 0) is 13.0 Å². The number of halogens is 1. The van der Waals surface area contributed by atoms with Crippen LogP contribution in [0.2, 0.25) is 0 Å². The monoisotopic (exact) mass is 238 g/mol. The van der Waals surface area contributed by atoms with Crippen LogP contribution < -0.4 is 5.32 Å². The van der Waals surface area contributed by atoms with Crippen LogP contribution in [0.15, 0.2) is 0 Å². The summed E-state index contributed by atoms with van der Waals surface area (Å²) in [5.41, 5.74) is 0. The lowest BCUT2D eigenvalue weighted by atomic mass is 10.2. The van der Waals surface area contributed by atoms with Crippen molar-refractivity contribution in [2.24, 2.45) is 0 Å². The van der Waals surface area contributed by atoms with E-state index in [0.717, 1.165) is 19.4 Å². The molecular weight excluding hydrogens is 229 g/mol. The van der Waals surface area contributed by atoms with Gasteiger partial charge in [0.1, 0.15) is 5.78 Å². The average molecular weight is 238 g/mol. The first-order valence-corrected chi connectivity index (χ1v) is 4.29. The molecule has 1 radical (unpaired) electrons. The van der Waals surface area contributed by atoms with Crippen molar-refractivity contribution in [3.05, 3.63) is 6.54 Å². The number of rotatable bonds is 0. The first kappa shape index (κ1) is 7.47. The highest BCUT2D eigenvalue weighted by Gasteiger charge is 2.16. The molecule has 1 fully saturated rings. The fraction of sp³-hybridized carbons (Fsp3) is 0.667. The van der Waals surface area contributed by atoms with Gasteiger partial charge in [-0.1, -0.05) is 22.6 Å². The number of hydrogen-bond acceptors (Lipinski definition) is 2. The third kappa shape index (κ3) is 2.21. The molecule has 1 aliphatic rings. The minimum Gasteiger partial charge on any atom is -0.311 e. The highest BCUT2D eigenvalue weighted by molar-refractivity contribution is 14.1. The van der Waals surface area contributed by atoms with E-state index in [-0.39, 0.29) is 3.92 Å². The van der Waals surface area contributed by atoms with Crippen molar-refractivity contribution < 1.29 is 4.79 Å². The molecule has 9 heavy (non-hydrogen) atoms. The van der Waals surface area contributed by atoms with Crippen LogP contribution in [-0.4, -0.2) is 16.3 Å². The zero-order valence-corrected chi connectivity index (χ0v) is 7.22. The van der Waals surface area contributed by atoms with Gasteiger partial charge in [0.05, 0.1) is 3.92 Å². The van der Waals surface area contributed by atoms with Crippen molar-refractivity contribution in [1.82, 2.24) is 5.32 Å². The lowest BCUT2D eigenvalue weighted by Gasteiger charge is -2.00. The van der Waals surface area contributed by atoms with Gasteiger partial charge in [0, 0.05) is 13.0 Å². The maximum Gasteiger partial charge on any atom is 0.147 e. The van der Waals surface area contributed by atoms with Crippen molar-refractivity contribution in [3.8, 4) is 0 Å². The highest BCUT2D eigenvalue weighted by Crippen LogP contribution is 2.10. The molecule has 0 aromatic rings. The lowest BCUT2D eigenvalue weighted by Crippen LogP contribution is -2.18. The molecule has 0 amide bonds. The van der Waals surface area contributed by atoms with E-state index < -0.39 is 0 Å². The van der Waals surface area contributed by atoms with Gasteiger partial charge >= 0.3 is 0 Å². The van der Waals surface area contributed by atoms with Gasteiger partial charge in [0.25, 0.3) is 0 Å². The fourth-order valence-electron chi connectivity index (χ4n) is 0.782. The van der Waals surface area contributed by atoms with Crippen molar-refractivity contribution in [2.45, 2.75) is 16.8 Å². The molecule has 1 saturated heterocycles. The lowest BCUT2D eigenvalue weighted by molar-refractivity contribution is -0.117. The van der Waals surface area contributed by atoms with Crippen molar-refractivity contribution >= 4 is 28.4 Å². The maximum absolute atomic E-state index is 10.9. The van der Waals surface area contributed by atoms with Crippen molar-refractivity contribution in [1.29, 1.82) is 0 Å². The molecule has 1 N–H and O–H groups in total. The molecule has 0 aromatic carbocycles. The van der Waals surface area contributed by atoms with Crippen LogP contribution in [0.1, 0.15) is 12.8 Å². The molecule has 0 saturated carbocycles. The molecule has 1 heterocycles. The Kier molecular flexibility index (Phi) is 2.91. The van der Waals surface area contributed by atoms with Crippen molar-refractivity contribution in [3.63, 3.8) is 0 Å². The van der Waals surface area contributed by atoms with E-state index in [1.165, 1.54) is 0 Å². The number of carbonyl (C=O) groups is 1. The Hall–Kier alpha value is 0.360. The number of nitrogens with one attached hydrogen (secondary N) is 1. The van der Waals surface area contributed by atoms with Crippen LogP contribution in [0, 0.1) is 6.54 Å². The molecule has 0 aromatic heterocycles. The molecular formula is C6H9INO. The maximum atomic E-state index is 10.9. The summed E-state index contributed by atoms with van der Waals surface area (Å²) < 4.78 is 0.0881. The standard InChI is InChI=1S/C6H9INO/c7-5-4-8-3-1-2-6(5)9/h4-5,8H,1-3H2. The second-order valence-corrected chi connectivity index (χ2v) is 3.43. The van der Waals surface area contributed by atoms with Gasteiger partial charge in [-0.15, -0.1) is 0 Å². The summed E-state index contributed by atoms with van der Waals surface area (Å²) in [7, 11) is 0. The van der Waals surface area contributed by atoms with Crippen LogP contribution in [-0.2, 0) is 4.79 Å². The van der Waals surface area contributed by atoms with Crippen LogP contribution in [0.25, 0.3) is 0 Å². The predicted molar refractivity (Wildman–Crippen MR) is 44.4 cm³/mol. The Balaban J connectivity index is 2.41. The minimum absolute atomic E-state index is 0.0881. The van der Waals surface area contributed by atoms with Crippen LogP contribution in [0.5, 0.6) is 0 Å². The van der Waals surface area contributed by atoms with E-state index in [2.05, 4.69) is 27.9 Å². The van der Waals surface area contributed by atoms with Crippen LogP contribution >= 0.6 is 22.6 Å². The fourth-order valence-corrected chi connectivity index (χ4v) is 1.35. The van der Waals surface area contributed by atoms with E-state index >= 15 is 0 Å². The quantitative estimate of drug-likeness (QED) is 0.502. The largest absolute Gasteiger partial charge is 0.311 e. The zero-order valence-electron chi connectivity index (χ0n) is 5.06. The van der Waals surface area contributed by atoms with Gasteiger partial charge in [-0.25, -0.2) is 0 Å². The summed E-state index contributed by atoms with van der Waals surface area (Å²) in [6, 6.07) is 0. The van der Waals surface area contributed by atoms with E-state index in [4.69, 9.17) is 0 Å². The molecule has 0 bridgehead atoms. The molecule has 1 aliphatic heterocycles. The van der Waals surface area contributed by atoms with Crippen LogP contribution in [0.3, 0.4) is 0 Å². The molecule has 2 nitrogen and oxygen atoms in total. The van der Waals surface area contributed by atoms with Crippen molar-refractivity contribution in [2.75, 3.05) is 6.54 Å². The molecule has 1 atom stereocenters. The number of carbonyl (C=O) groups excluding carboxylic acids is 1. The van der Waals surface area contributed by atoms with Gasteiger partial charge in [-0.2, -0.15) is 0 Å². The number of hydrogen-bond donors (Lipinski definition) is 1. The minimum atomic E-state index is 0.0881. The summed E-state index contributed by atoms with van der Waals surface area (Å²) in [5.74, 6) is 0.348. The molecule has 51 valence electrons. The Morgan fingerprint density at radius 3 is 3.33 bits per heavy atom. The summed E-state index contributed by atoms with van der Waals surface area (Å²) in [6.45, 7) is 2.82. The SMILES string of the molecule is O=C1CCCN[CH]C1I. The topological polar surface area (TPSA) is 29.1 Å².